The largest absolute Gasteiger partial charge is 0.277 e. The zero-order chi connectivity index (χ0) is 21.1. The van der Waals surface area contributed by atoms with E-state index < -0.39 is 10.0 Å². The van der Waals surface area contributed by atoms with Gasteiger partial charge in [0.15, 0.2) is 0 Å². The fourth-order valence-electron chi connectivity index (χ4n) is 3.39. The highest BCUT2D eigenvalue weighted by Crippen LogP contribution is 2.22. The van der Waals surface area contributed by atoms with Gasteiger partial charge in [-0.1, -0.05) is 66.7 Å². The highest BCUT2D eigenvalue weighted by molar-refractivity contribution is 7.92. The summed E-state index contributed by atoms with van der Waals surface area (Å²) < 4.78 is 31.6. The van der Waals surface area contributed by atoms with Crippen LogP contribution in [-0.2, 0) is 23.5 Å². The van der Waals surface area contributed by atoms with Crippen LogP contribution in [0.1, 0.15) is 11.1 Å². The summed E-state index contributed by atoms with van der Waals surface area (Å²) >= 11 is 0. The van der Waals surface area contributed by atoms with Crippen molar-refractivity contribution in [2.24, 2.45) is 7.05 Å². The Balaban J connectivity index is 1.87. The molecule has 0 saturated heterocycles. The minimum atomic E-state index is -3.86. The third kappa shape index (κ3) is 3.79. The Kier molecular flexibility index (Phi) is 5.29. The maximum Gasteiger partial charge on any atom is 0.277 e. The minimum absolute atomic E-state index is 0.135. The third-order valence-corrected chi connectivity index (χ3v) is 6.22. The summed E-state index contributed by atoms with van der Waals surface area (Å²) in [6.07, 6.45) is 0.306. The SMILES string of the molecule is Cn1c(NS(=O)(=O)c2ccccc2)c(Cc2ccccc2)c(=O)n1-c1ccccc1. The first-order valence-corrected chi connectivity index (χ1v) is 10.9. The fourth-order valence-corrected chi connectivity index (χ4v) is 4.54. The molecular formula is C23H21N3O3S. The summed E-state index contributed by atoms with van der Waals surface area (Å²) in [4.78, 5) is 13.5. The Morgan fingerprint density at radius 3 is 1.93 bits per heavy atom. The third-order valence-electron chi connectivity index (χ3n) is 4.87. The quantitative estimate of drug-likeness (QED) is 0.519. The predicted octanol–water partition coefficient (Wildman–Crippen LogP) is 3.57. The number of nitrogens with zero attached hydrogens (tertiary/aromatic N) is 2. The molecule has 0 atom stereocenters. The van der Waals surface area contributed by atoms with Crippen LogP contribution in [0.3, 0.4) is 0 Å². The van der Waals surface area contributed by atoms with Gasteiger partial charge < -0.3 is 0 Å². The molecule has 7 heteroatoms. The summed E-state index contributed by atoms with van der Waals surface area (Å²) in [6, 6.07) is 26.8. The van der Waals surface area contributed by atoms with E-state index in [9.17, 15) is 13.2 Å². The number of para-hydroxylation sites is 1. The molecule has 6 nitrogen and oxygen atoms in total. The van der Waals surface area contributed by atoms with Crippen LogP contribution in [0.25, 0.3) is 5.69 Å². The molecular weight excluding hydrogens is 398 g/mol. The molecule has 0 bridgehead atoms. The van der Waals surface area contributed by atoms with Crippen molar-refractivity contribution in [2.45, 2.75) is 11.3 Å². The minimum Gasteiger partial charge on any atom is -0.267 e. The number of rotatable bonds is 6. The summed E-state index contributed by atoms with van der Waals surface area (Å²) in [5.41, 5.74) is 1.69. The van der Waals surface area contributed by atoms with E-state index >= 15 is 0 Å². The van der Waals surface area contributed by atoms with Crippen LogP contribution in [0.2, 0.25) is 0 Å². The van der Waals surface area contributed by atoms with E-state index in [-0.39, 0.29) is 16.3 Å². The lowest BCUT2D eigenvalue weighted by molar-refractivity contribution is 0.598. The summed E-state index contributed by atoms with van der Waals surface area (Å²) in [5.74, 6) is 0.247. The van der Waals surface area contributed by atoms with Crippen molar-refractivity contribution >= 4 is 15.8 Å². The van der Waals surface area contributed by atoms with Crippen molar-refractivity contribution in [3.8, 4) is 5.69 Å². The average Bonchev–Trinajstić information content (AvgIpc) is 2.99. The van der Waals surface area contributed by atoms with Gasteiger partial charge in [0.05, 0.1) is 16.1 Å². The molecule has 0 fully saturated rings. The molecule has 0 aliphatic rings. The van der Waals surface area contributed by atoms with Gasteiger partial charge in [-0.3, -0.25) is 14.2 Å². The predicted molar refractivity (Wildman–Crippen MR) is 118 cm³/mol. The van der Waals surface area contributed by atoms with Gasteiger partial charge in [0.25, 0.3) is 15.6 Å². The molecule has 152 valence electrons. The monoisotopic (exact) mass is 419 g/mol. The van der Waals surface area contributed by atoms with E-state index in [1.54, 1.807) is 29.9 Å². The smallest absolute Gasteiger partial charge is 0.267 e. The molecule has 3 aromatic carbocycles. The molecule has 0 aliphatic carbocycles. The van der Waals surface area contributed by atoms with Gasteiger partial charge >= 0.3 is 0 Å². The Labute approximate surface area is 175 Å². The molecule has 0 spiro atoms. The molecule has 4 rings (SSSR count). The second kappa shape index (κ2) is 8.04. The fraction of sp³-hybridized carbons (Fsp3) is 0.0870. The molecule has 1 aromatic heterocycles. The van der Waals surface area contributed by atoms with Crippen LogP contribution in [0.4, 0.5) is 5.82 Å². The van der Waals surface area contributed by atoms with Crippen molar-refractivity contribution in [3.63, 3.8) is 0 Å². The Morgan fingerprint density at radius 1 is 0.800 bits per heavy atom. The van der Waals surface area contributed by atoms with E-state index in [2.05, 4.69) is 4.72 Å². The van der Waals surface area contributed by atoms with Crippen molar-refractivity contribution in [2.75, 3.05) is 4.72 Å². The summed E-state index contributed by atoms with van der Waals surface area (Å²) in [7, 11) is -2.19. The van der Waals surface area contributed by atoms with Crippen LogP contribution < -0.4 is 10.3 Å². The molecule has 4 aromatic rings. The van der Waals surface area contributed by atoms with Gasteiger partial charge in [-0.25, -0.2) is 13.1 Å². The zero-order valence-electron chi connectivity index (χ0n) is 16.4. The maximum absolute atomic E-state index is 13.3. The normalized spacial score (nSPS) is 11.4. The second-order valence-electron chi connectivity index (χ2n) is 6.88. The molecule has 0 amide bonds. The van der Waals surface area contributed by atoms with Crippen molar-refractivity contribution in [1.29, 1.82) is 0 Å². The number of benzene rings is 3. The lowest BCUT2D eigenvalue weighted by Gasteiger charge is -2.13. The van der Waals surface area contributed by atoms with Crippen LogP contribution in [0.15, 0.2) is 101 Å². The van der Waals surface area contributed by atoms with Gasteiger partial charge in [-0.15, -0.1) is 0 Å². The Hall–Kier alpha value is -3.58. The first-order valence-electron chi connectivity index (χ1n) is 9.45. The average molecular weight is 420 g/mol. The van der Waals surface area contributed by atoms with Gasteiger partial charge in [0, 0.05) is 13.5 Å². The highest BCUT2D eigenvalue weighted by Gasteiger charge is 2.24. The molecule has 0 radical (unpaired) electrons. The lowest BCUT2D eigenvalue weighted by atomic mass is 10.1. The van der Waals surface area contributed by atoms with Crippen LogP contribution >= 0.6 is 0 Å². The Morgan fingerprint density at radius 2 is 1.33 bits per heavy atom. The van der Waals surface area contributed by atoms with E-state index in [1.165, 1.54) is 16.8 Å². The van der Waals surface area contributed by atoms with Crippen molar-refractivity contribution in [1.82, 2.24) is 9.36 Å². The van der Waals surface area contributed by atoms with E-state index in [0.29, 0.717) is 17.7 Å². The molecule has 0 saturated carbocycles. The number of sulfonamides is 1. The summed E-state index contributed by atoms with van der Waals surface area (Å²) in [6.45, 7) is 0. The van der Waals surface area contributed by atoms with Gasteiger partial charge in [-0.2, -0.15) is 0 Å². The lowest BCUT2D eigenvalue weighted by Crippen LogP contribution is -2.21. The molecule has 1 heterocycles. The van der Waals surface area contributed by atoms with Crippen LogP contribution in [0, 0.1) is 0 Å². The summed E-state index contributed by atoms with van der Waals surface area (Å²) in [5, 5.41) is 0. The number of hydrogen-bond acceptors (Lipinski definition) is 3. The van der Waals surface area contributed by atoms with Crippen molar-refractivity contribution < 1.29 is 8.42 Å². The van der Waals surface area contributed by atoms with Gasteiger partial charge in [0.1, 0.15) is 5.82 Å². The van der Waals surface area contributed by atoms with Crippen LogP contribution in [-0.4, -0.2) is 17.8 Å². The first kappa shape index (κ1) is 19.7. The van der Waals surface area contributed by atoms with Gasteiger partial charge in [0.2, 0.25) is 0 Å². The molecule has 1 N–H and O–H groups in total. The molecule has 0 unspecified atom stereocenters. The van der Waals surface area contributed by atoms with Crippen LogP contribution in [0.5, 0.6) is 0 Å². The number of aromatic nitrogens is 2. The first-order chi connectivity index (χ1) is 14.5. The van der Waals surface area contributed by atoms with E-state index in [1.807, 2.05) is 60.7 Å². The number of anilines is 1. The highest BCUT2D eigenvalue weighted by atomic mass is 32.2. The van der Waals surface area contributed by atoms with E-state index in [4.69, 9.17) is 0 Å². The standard InChI is InChI=1S/C23H21N3O3S/c1-25-22(24-30(28,29)20-15-9-4-10-16-20)21(17-18-11-5-2-6-12-18)23(27)26(25)19-13-7-3-8-14-19/h2-16,24H,17H2,1H3. The maximum atomic E-state index is 13.3. The number of hydrogen-bond donors (Lipinski definition) is 1. The number of nitrogens with one attached hydrogen (secondary N) is 1. The van der Waals surface area contributed by atoms with Crippen molar-refractivity contribution in [3.05, 3.63) is 112 Å². The van der Waals surface area contributed by atoms with E-state index in [0.717, 1.165) is 5.56 Å². The van der Waals surface area contributed by atoms with Gasteiger partial charge in [-0.05, 0) is 29.8 Å². The topological polar surface area (TPSA) is 73.1 Å². The molecule has 0 aliphatic heterocycles. The zero-order valence-corrected chi connectivity index (χ0v) is 17.2. The second-order valence-corrected chi connectivity index (χ2v) is 8.57. The Bertz CT molecular complexity index is 1310. The molecule has 30 heavy (non-hydrogen) atoms.